The van der Waals surface area contributed by atoms with Crippen LogP contribution in [0.25, 0.3) is 0 Å². The molecule has 1 unspecified atom stereocenters. The Labute approximate surface area is 100 Å². The zero-order valence-electron chi connectivity index (χ0n) is 9.96. The van der Waals surface area contributed by atoms with E-state index in [2.05, 4.69) is 16.9 Å². The van der Waals surface area contributed by atoms with Crippen molar-refractivity contribution in [3.63, 3.8) is 0 Å². The van der Waals surface area contributed by atoms with Crippen LogP contribution in [0.2, 0.25) is 0 Å². The Balaban J connectivity index is 2.01. The molecule has 1 saturated heterocycles. The van der Waals surface area contributed by atoms with Gasteiger partial charge in [0.1, 0.15) is 0 Å². The Hall–Kier alpha value is -1.65. The van der Waals surface area contributed by atoms with Crippen LogP contribution in [0.15, 0.2) is 12.4 Å². The Morgan fingerprint density at radius 2 is 2.24 bits per heavy atom. The summed E-state index contributed by atoms with van der Waals surface area (Å²) in [6, 6.07) is 0. The van der Waals surface area contributed by atoms with E-state index in [1.165, 1.54) is 0 Å². The van der Waals surface area contributed by atoms with Gasteiger partial charge in [-0.05, 0) is 18.4 Å². The van der Waals surface area contributed by atoms with Crippen LogP contribution < -0.4 is 4.90 Å². The summed E-state index contributed by atoms with van der Waals surface area (Å²) in [5.74, 6) is -0.363. The zero-order valence-corrected chi connectivity index (χ0v) is 9.96. The lowest BCUT2D eigenvalue weighted by Crippen LogP contribution is -2.24. The molecule has 2 heterocycles. The molecule has 92 valence electrons. The van der Waals surface area contributed by atoms with Crippen LogP contribution in [-0.4, -0.2) is 34.1 Å². The van der Waals surface area contributed by atoms with Crippen molar-refractivity contribution in [3.8, 4) is 0 Å². The predicted octanol–water partition coefficient (Wildman–Crippen LogP) is 1.34. The number of hydrogen-bond donors (Lipinski definition) is 1. The van der Waals surface area contributed by atoms with E-state index >= 15 is 0 Å². The Kier molecular flexibility index (Phi) is 3.56. The maximum atomic E-state index is 10.9. The summed E-state index contributed by atoms with van der Waals surface area (Å²) in [6.07, 6.45) is 6.40. The third-order valence-electron chi connectivity index (χ3n) is 3.05. The average Bonchev–Trinajstić information content (AvgIpc) is 2.80. The van der Waals surface area contributed by atoms with Gasteiger partial charge in [-0.25, -0.2) is 9.97 Å². The van der Waals surface area contributed by atoms with Gasteiger partial charge >= 0.3 is 5.97 Å². The molecule has 0 saturated carbocycles. The average molecular weight is 235 g/mol. The van der Waals surface area contributed by atoms with Gasteiger partial charge < -0.3 is 10.0 Å². The van der Waals surface area contributed by atoms with Crippen LogP contribution in [-0.2, 0) is 11.2 Å². The Morgan fingerprint density at radius 3 is 2.76 bits per heavy atom. The molecule has 0 bridgehead atoms. The highest BCUT2D eigenvalue weighted by molar-refractivity contribution is 5.71. The van der Waals surface area contributed by atoms with Crippen molar-refractivity contribution in [3.05, 3.63) is 18.0 Å². The van der Waals surface area contributed by atoms with Gasteiger partial charge in [-0.2, -0.15) is 0 Å². The second-order valence-electron chi connectivity index (χ2n) is 4.41. The fourth-order valence-corrected chi connectivity index (χ4v) is 2.07. The van der Waals surface area contributed by atoms with Crippen molar-refractivity contribution in [2.45, 2.75) is 26.2 Å². The minimum absolute atomic E-state index is 0.283. The van der Waals surface area contributed by atoms with Gasteiger partial charge in [-0.3, -0.25) is 4.79 Å². The third kappa shape index (κ3) is 2.72. The molecule has 1 aromatic rings. The monoisotopic (exact) mass is 235 g/mol. The first-order valence-corrected chi connectivity index (χ1v) is 5.99. The number of carbonyl (C=O) groups is 1. The van der Waals surface area contributed by atoms with Crippen molar-refractivity contribution in [1.82, 2.24) is 9.97 Å². The second-order valence-corrected chi connectivity index (χ2v) is 4.41. The largest absolute Gasteiger partial charge is 0.481 e. The molecular formula is C12H17N3O2. The molecule has 1 fully saturated rings. The number of hydrogen-bond acceptors (Lipinski definition) is 4. The number of carboxylic acids is 1. The predicted molar refractivity (Wildman–Crippen MR) is 64.0 cm³/mol. The van der Waals surface area contributed by atoms with E-state index in [1.54, 1.807) is 0 Å². The maximum absolute atomic E-state index is 10.9. The molecule has 1 atom stereocenters. The van der Waals surface area contributed by atoms with Gasteiger partial charge in [-0.15, -0.1) is 0 Å². The minimum Gasteiger partial charge on any atom is -0.481 e. The number of aryl methyl sites for hydroxylation is 1. The lowest BCUT2D eigenvalue weighted by atomic mass is 10.1. The molecule has 5 nitrogen and oxygen atoms in total. The van der Waals surface area contributed by atoms with Gasteiger partial charge in [0.15, 0.2) is 0 Å². The van der Waals surface area contributed by atoms with Crippen LogP contribution in [0, 0.1) is 5.92 Å². The molecule has 17 heavy (non-hydrogen) atoms. The fraction of sp³-hybridized carbons (Fsp3) is 0.583. The molecule has 2 rings (SSSR count). The maximum Gasteiger partial charge on any atom is 0.308 e. The first-order valence-electron chi connectivity index (χ1n) is 5.99. The quantitative estimate of drug-likeness (QED) is 0.853. The van der Waals surface area contributed by atoms with Gasteiger partial charge in [0, 0.05) is 25.5 Å². The van der Waals surface area contributed by atoms with E-state index < -0.39 is 5.97 Å². The molecule has 1 aliphatic heterocycles. The van der Waals surface area contributed by atoms with Crippen LogP contribution in [0.1, 0.15) is 25.3 Å². The van der Waals surface area contributed by atoms with Gasteiger partial charge in [-0.1, -0.05) is 13.3 Å². The molecule has 1 aromatic heterocycles. The number of aliphatic carboxylic acids is 1. The highest BCUT2D eigenvalue weighted by atomic mass is 16.4. The highest BCUT2D eigenvalue weighted by Gasteiger charge is 2.29. The minimum atomic E-state index is -0.727. The molecule has 0 aliphatic carbocycles. The summed E-state index contributed by atoms with van der Waals surface area (Å²) in [6.45, 7) is 3.36. The SMILES string of the molecule is CCCc1cnc(N2CCC(C(=O)O)C2)nc1. The molecule has 0 spiro atoms. The zero-order chi connectivity index (χ0) is 12.3. The van der Waals surface area contributed by atoms with E-state index in [9.17, 15) is 4.79 Å². The number of carboxylic acid groups (broad SMARTS) is 1. The molecule has 0 aromatic carbocycles. The highest BCUT2D eigenvalue weighted by Crippen LogP contribution is 2.20. The molecule has 1 aliphatic rings. The normalized spacial score (nSPS) is 19.6. The number of nitrogens with zero attached hydrogens (tertiary/aromatic N) is 3. The lowest BCUT2D eigenvalue weighted by Gasteiger charge is -2.15. The molecule has 5 heteroatoms. The smallest absolute Gasteiger partial charge is 0.308 e. The van der Waals surface area contributed by atoms with Gasteiger partial charge in [0.2, 0.25) is 5.95 Å². The number of anilines is 1. The van der Waals surface area contributed by atoms with Crippen LogP contribution >= 0.6 is 0 Å². The number of aromatic nitrogens is 2. The summed E-state index contributed by atoms with van der Waals surface area (Å²) in [7, 11) is 0. The van der Waals surface area contributed by atoms with Crippen LogP contribution in [0.3, 0.4) is 0 Å². The molecule has 0 radical (unpaired) electrons. The van der Waals surface area contributed by atoms with Crippen molar-refractivity contribution in [1.29, 1.82) is 0 Å². The topological polar surface area (TPSA) is 66.3 Å². The van der Waals surface area contributed by atoms with E-state index in [1.807, 2.05) is 17.3 Å². The summed E-state index contributed by atoms with van der Waals surface area (Å²) >= 11 is 0. The second kappa shape index (κ2) is 5.12. The van der Waals surface area contributed by atoms with Crippen molar-refractivity contribution >= 4 is 11.9 Å². The summed E-state index contributed by atoms with van der Waals surface area (Å²) in [5.41, 5.74) is 1.13. The number of rotatable bonds is 4. The standard InChI is InChI=1S/C12H17N3O2/c1-2-3-9-6-13-12(14-7-9)15-5-4-10(8-15)11(16)17/h6-7,10H,2-5,8H2,1H3,(H,16,17). The summed E-state index contributed by atoms with van der Waals surface area (Å²) < 4.78 is 0. The van der Waals surface area contributed by atoms with Crippen molar-refractivity contribution in [2.24, 2.45) is 5.92 Å². The Morgan fingerprint density at radius 1 is 1.53 bits per heavy atom. The fourth-order valence-electron chi connectivity index (χ4n) is 2.07. The summed E-state index contributed by atoms with van der Waals surface area (Å²) in [4.78, 5) is 21.4. The molecular weight excluding hydrogens is 218 g/mol. The van der Waals surface area contributed by atoms with Crippen LogP contribution in [0.5, 0.6) is 0 Å². The first-order chi connectivity index (χ1) is 8.20. The van der Waals surface area contributed by atoms with E-state index in [0.717, 1.165) is 24.9 Å². The van der Waals surface area contributed by atoms with E-state index in [-0.39, 0.29) is 5.92 Å². The van der Waals surface area contributed by atoms with Crippen molar-refractivity contribution in [2.75, 3.05) is 18.0 Å². The van der Waals surface area contributed by atoms with E-state index in [0.29, 0.717) is 18.9 Å². The Bertz CT molecular complexity index is 391. The molecule has 0 amide bonds. The van der Waals surface area contributed by atoms with Gasteiger partial charge in [0.25, 0.3) is 0 Å². The molecule has 1 N–H and O–H groups in total. The summed E-state index contributed by atoms with van der Waals surface area (Å²) in [5, 5.41) is 8.92. The van der Waals surface area contributed by atoms with Crippen molar-refractivity contribution < 1.29 is 9.90 Å². The first kappa shape index (κ1) is 11.8. The third-order valence-corrected chi connectivity index (χ3v) is 3.05. The lowest BCUT2D eigenvalue weighted by molar-refractivity contribution is -0.140. The van der Waals surface area contributed by atoms with E-state index in [4.69, 9.17) is 5.11 Å². The van der Waals surface area contributed by atoms with Gasteiger partial charge in [0.05, 0.1) is 5.92 Å². The van der Waals surface area contributed by atoms with Crippen LogP contribution in [0.4, 0.5) is 5.95 Å².